The van der Waals surface area contributed by atoms with Crippen molar-refractivity contribution < 1.29 is 18.4 Å². The molecule has 0 fully saturated rings. The maximum atomic E-state index is 13.1. The van der Waals surface area contributed by atoms with Crippen LogP contribution in [0.5, 0.6) is 11.6 Å². The number of halogens is 2. The lowest BCUT2D eigenvalue weighted by Gasteiger charge is -2.07. The fourth-order valence-corrected chi connectivity index (χ4v) is 1.46. The molecule has 0 aliphatic heterocycles. The zero-order chi connectivity index (χ0) is 15.4. The van der Waals surface area contributed by atoms with Crippen molar-refractivity contribution in [2.24, 2.45) is 0 Å². The number of ether oxygens (including phenoxy) is 1. The van der Waals surface area contributed by atoms with E-state index in [1.165, 1.54) is 0 Å². The van der Waals surface area contributed by atoms with Crippen LogP contribution in [-0.2, 0) is 0 Å². The monoisotopic (exact) mass is 296 g/mol. The molecular weight excluding hydrogens is 286 g/mol. The Morgan fingerprint density at radius 1 is 1.38 bits per heavy atom. The van der Waals surface area contributed by atoms with Gasteiger partial charge in [-0.1, -0.05) is 0 Å². The molecule has 2 aromatic rings. The molecular formula is C12H10F2N4O3. The van der Waals surface area contributed by atoms with Crippen LogP contribution in [0.4, 0.5) is 20.4 Å². The third-order valence-electron chi connectivity index (χ3n) is 2.37. The maximum absolute atomic E-state index is 13.1. The molecule has 0 saturated carbocycles. The second-order valence-corrected chi connectivity index (χ2v) is 3.85. The molecule has 1 aromatic carbocycles. The van der Waals surface area contributed by atoms with Gasteiger partial charge in [-0.2, -0.15) is 4.98 Å². The smallest absolute Gasteiger partial charge is 0.349 e. The first kappa shape index (κ1) is 14.6. The van der Waals surface area contributed by atoms with Crippen LogP contribution in [0.2, 0.25) is 0 Å². The summed E-state index contributed by atoms with van der Waals surface area (Å²) < 4.78 is 31.1. The van der Waals surface area contributed by atoms with E-state index in [2.05, 4.69) is 15.3 Å². The van der Waals surface area contributed by atoms with E-state index in [4.69, 9.17) is 4.74 Å². The highest BCUT2D eigenvalue weighted by atomic mass is 19.2. The Morgan fingerprint density at radius 3 is 2.76 bits per heavy atom. The largest absolute Gasteiger partial charge is 0.433 e. The lowest BCUT2D eigenvalue weighted by atomic mass is 10.3. The van der Waals surface area contributed by atoms with Crippen molar-refractivity contribution >= 4 is 11.6 Å². The SMILES string of the molecule is CCNc1ncc([N+](=O)[O-])c(Oc2ccc(F)c(F)c2)n1. The maximum Gasteiger partial charge on any atom is 0.349 e. The van der Waals surface area contributed by atoms with Crippen LogP contribution >= 0.6 is 0 Å². The normalized spacial score (nSPS) is 10.2. The molecule has 2 rings (SSSR count). The first-order valence-corrected chi connectivity index (χ1v) is 5.89. The van der Waals surface area contributed by atoms with Crippen molar-refractivity contribution in [2.45, 2.75) is 6.92 Å². The predicted molar refractivity (Wildman–Crippen MR) is 69.3 cm³/mol. The fraction of sp³-hybridized carbons (Fsp3) is 0.167. The number of anilines is 1. The molecule has 1 N–H and O–H groups in total. The van der Waals surface area contributed by atoms with Crippen LogP contribution in [0.3, 0.4) is 0 Å². The van der Waals surface area contributed by atoms with Gasteiger partial charge < -0.3 is 10.1 Å². The first-order valence-electron chi connectivity index (χ1n) is 5.89. The van der Waals surface area contributed by atoms with Crippen molar-refractivity contribution in [3.8, 4) is 11.6 Å². The molecule has 0 aliphatic carbocycles. The zero-order valence-electron chi connectivity index (χ0n) is 10.8. The molecule has 0 unspecified atom stereocenters. The molecule has 1 heterocycles. The first-order chi connectivity index (χ1) is 10.0. The van der Waals surface area contributed by atoms with Crippen LogP contribution in [0, 0.1) is 21.7 Å². The molecule has 0 atom stereocenters. The molecule has 0 spiro atoms. The molecule has 0 bridgehead atoms. The fourth-order valence-electron chi connectivity index (χ4n) is 1.46. The van der Waals surface area contributed by atoms with E-state index in [9.17, 15) is 18.9 Å². The van der Waals surface area contributed by atoms with Gasteiger partial charge in [-0.15, -0.1) is 0 Å². The Labute approximate surface area is 117 Å². The van der Waals surface area contributed by atoms with E-state index in [-0.39, 0.29) is 17.6 Å². The van der Waals surface area contributed by atoms with Crippen molar-refractivity contribution in [1.29, 1.82) is 0 Å². The summed E-state index contributed by atoms with van der Waals surface area (Å²) in [5, 5.41) is 13.7. The minimum absolute atomic E-state index is 0.113. The van der Waals surface area contributed by atoms with E-state index >= 15 is 0 Å². The highest BCUT2D eigenvalue weighted by molar-refractivity contribution is 5.45. The van der Waals surface area contributed by atoms with E-state index in [1.807, 2.05) is 0 Å². The number of nitro groups is 1. The van der Waals surface area contributed by atoms with Crippen LogP contribution in [-0.4, -0.2) is 21.4 Å². The predicted octanol–water partition coefficient (Wildman–Crippen LogP) is 2.89. The molecule has 0 aliphatic rings. The third kappa shape index (κ3) is 3.38. The second kappa shape index (κ2) is 6.07. The highest BCUT2D eigenvalue weighted by Crippen LogP contribution is 2.30. The van der Waals surface area contributed by atoms with Gasteiger partial charge in [0.05, 0.1) is 4.92 Å². The van der Waals surface area contributed by atoms with Crippen LogP contribution < -0.4 is 10.1 Å². The Hall–Kier alpha value is -2.84. The second-order valence-electron chi connectivity index (χ2n) is 3.85. The Bertz CT molecular complexity index is 682. The summed E-state index contributed by atoms with van der Waals surface area (Å²) in [5.74, 6) is -2.53. The lowest BCUT2D eigenvalue weighted by molar-refractivity contribution is -0.386. The molecule has 0 saturated heterocycles. The van der Waals surface area contributed by atoms with Gasteiger partial charge in [0.15, 0.2) is 11.6 Å². The minimum atomic E-state index is -1.13. The van der Waals surface area contributed by atoms with Crippen molar-refractivity contribution in [1.82, 2.24) is 9.97 Å². The topological polar surface area (TPSA) is 90.2 Å². The molecule has 9 heteroatoms. The Balaban J connectivity index is 2.37. The number of nitrogens with one attached hydrogen (secondary N) is 1. The molecule has 21 heavy (non-hydrogen) atoms. The van der Waals surface area contributed by atoms with Gasteiger partial charge >= 0.3 is 11.6 Å². The summed E-state index contributed by atoms with van der Waals surface area (Å²) in [4.78, 5) is 17.7. The van der Waals surface area contributed by atoms with Crippen molar-refractivity contribution in [3.63, 3.8) is 0 Å². The van der Waals surface area contributed by atoms with Gasteiger partial charge in [-0.05, 0) is 19.1 Å². The van der Waals surface area contributed by atoms with Gasteiger partial charge in [0.25, 0.3) is 0 Å². The summed E-state index contributed by atoms with van der Waals surface area (Å²) in [6, 6.07) is 2.76. The summed E-state index contributed by atoms with van der Waals surface area (Å²) in [5.41, 5.74) is -0.485. The molecule has 110 valence electrons. The molecule has 7 nitrogen and oxygen atoms in total. The summed E-state index contributed by atoms with van der Waals surface area (Å²) in [7, 11) is 0. The third-order valence-corrected chi connectivity index (χ3v) is 2.37. The number of hydrogen-bond acceptors (Lipinski definition) is 6. The molecule has 1 aromatic heterocycles. The standard InChI is InChI=1S/C12H10F2N4O3/c1-2-15-12-16-6-10(18(19)20)11(17-12)21-7-3-4-8(13)9(14)5-7/h3-6H,2H2,1H3,(H,15,16,17). The number of rotatable bonds is 5. The number of nitrogens with zero attached hydrogens (tertiary/aromatic N) is 3. The van der Waals surface area contributed by atoms with Gasteiger partial charge in [0.1, 0.15) is 11.9 Å². The quantitative estimate of drug-likeness (QED) is 0.674. The van der Waals surface area contributed by atoms with Gasteiger partial charge in [-0.25, -0.2) is 13.8 Å². The van der Waals surface area contributed by atoms with Gasteiger partial charge in [-0.3, -0.25) is 10.1 Å². The molecule has 0 radical (unpaired) electrons. The number of aromatic nitrogens is 2. The van der Waals surface area contributed by atoms with Gasteiger partial charge in [0.2, 0.25) is 5.95 Å². The summed E-state index contributed by atoms with van der Waals surface area (Å²) in [6.07, 6.45) is 0.972. The van der Waals surface area contributed by atoms with Crippen LogP contribution in [0.15, 0.2) is 24.4 Å². The van der Waals surface area contributed by atoms with Crippen molar-refractivity contribution in [2.75, 3.05) is 11.9 Å². The average Bonchev–Trinajstić information content (AvgIpc) is 2.43. The highest BCUT2D eigenvalue weighted by Gasteiger charge is 2.20. The minimum Gasteiger partial charge on any atom is -0.433 e. The number of benzene rings is 1. The Morgan fingerprint density at radius 2 is 2.14 bits per heavy atom. The summed E-state index contributed by atoms with van der Waals surface area (Å²) in [6.45, 7) is 2.29. The van der Waals surface area contributed by atoms with E-state index in [1.54, 1.807) is 6.92 Å². The average molecular weight is 296 g/mol. The lowest BCUT2D eigenvalue weighted by Crippen LogP contribution is -2.05. The van der Waals surface area contributed by atoms with Crippen molar-refractivity contribution in [3.05, 3.63) is 46.1 Å². The van der Waals surface area contributed by atoms with Crippen LogP contribution in [0.1, 0.15) is 6.92 Å². The molecule has 0 amide bonds. The van der Waals surface area contributed by atoms with Crippen LogP contribution in [0.25, 0.3) is 0 Å². The van der Waals surface area contributed by atoms with E-state index in [0.717, 1.165) is 24.4 Å². The Kier molecular flexibility index (Phi) is 4.21. The van der Waals surface area contributed by atoms with E-state index in [0.29, 0.717) is 6.54 Å². The van der Waals surface area contributed by atoms with E-state index < -0.39 is 22.2 Å². The zero-order valence-corrected chi connectivity index (χ0v) is 10.8. The van der Waals surface area contributed by atoms with Gasteiger partial charge in [0, 0.05) is 12.6 Å². The number of hydrogen-bond donors (Lipinski definition) is 1. The summed E-state index contributed by atoms with van der Waals surface area (Å²) >= 11 is 0.